The Labute approximate surface area is 108 Å². The lowest BCUT2D eigenvalue weighted by Gasteiger charge is -2.23. The molecule has 1 aromatic heterocycles. The number of halogens is 1. The molecule has 1 atom stereocenters. The molecule has 1 amide bonds. The molecule has 0 aromatic carbocycles. The third kappa shape index (κ3) is 3.76. The summed E-state index contributed by atoms with van der Waals surface area (Å²) >= 11 is 3.33. The number of rotatable bonds is 3. The third-order valence-electron chi connectivity index (χ3n) is 2.46. The molecule has 6 heteroatoms. The summed E-state index contributed by atoms with van der Waals surface area (Å²) < 4.78 is 6.24. The predicted molar refractivity (Wildman–Crippen MR) is 67.8 cm³/mol. The number of morpholine rings is 1. The first-order valence-corrected chi connectivity index (χ1v) is 6.26. The molecular formula is C11H14BrN3O2. The fourth-order valence-electron chi connectivity index (χ4n) is 1.64. The number of aromatic nitrogens is 1. The van der Waals surface area contributed by atoms with Crippen molar-refractivity contribution in [3.63, 3.8) is 0 Å². The summed E-state index contributed by atoms with van der Waals surface area (Å²) in [5.41, 5.74) is 0.730. The van der Waals surface area contributed by atoms with Crippen LogP contribution in [0.5, 0.6) is 0 Å². The minimum Gasteiger partial charge on any atom is -0.375 e. The van der Waals surface area contributed by atoms with Crippen LogP contribution in [0.3, 0.4) is 0 Å². The second-order valence-corrected chi connectivity index (χ2v) is 4.66. The topological polar surface area (TPSA) is 63.2 Å². The maximum atomic E-state index is 11.8. The van der Waals surface area contributed by atoms with Gasteiger partial charge in [0.15, 0.2) is 0 Å². The van der Waals surface area contributed by atoms with E-state index in [-0.39, 0.29) is 12.0 Å². The Morgan fingerprint density at radius 1 is 1.71 bits per heavy atom. The number of ether oxygens (including phenoxy) is 1. The second-order valence-electron chi connectivity index (χ2n) is 3.80. The minimum absolute atomic E-state index is 0.0376. The smallest absolute Gasteiger partial charge is 0.227 e. The lowest BCUT2D eigenvalue weighted by molar-refractivity contribution is -0.119. The van der Waals surface area contributed by atoms with E-state index < -0.39 is 0 Å². The molecule has 1 unspecified atom stereocenters. The summed E-state index contributed by atoms with van der Waals surface area (Å²) in [4.78, 5) is 15.7. The van der Waals surface area contributed by atoms with Gasteiger partial charge in [-0.2, -0.15) is 0 Å². The first kappa shape index (κ1) is 12.5. The highest BCUT2D eigenvalue weighted by Crippen LogP contribution is 2.20. The third-order valence-corrected chi connectivity index (χ3v) is 3.10. The summed E-state index contributed by atoms with van der Waals surface area (Å²) in [5, 5.41) is 6.02. The van der Waals surface area contributed by atoms with Crippen molar-refractivity contribution in [2.24, 2.45) is 0 Å². The van der Waals surface area contributed by atoms with Gasteiger partial charge in [-0.3, -0.25) is 9.78 Å². The van der Waals surface area contributed by atoms with E-state index in [0.717, 1.165) is 23.2 Å². The van der Waals surface area contributed by atoms with Gasteiger partial charge in [0.1, 0.15) is 0 Å². The average molecular weight is 300 g/mol. The van der Waals surface area contributed by atoms with Crippen molar-refractivity contribution in [1.82, 2.24) is 10.3 Å². The van der Waals surface area contributed by atoms with E-state index in [1.54, 1.807) is 18.5 Å². The zero-order chi connectivity index (χ0) is 12.1. The van der Waals surface area contributed by atoms with E-state index in [4.69, 9.17) is 4.74 Å². The second kappa shape index (κ2) is 6.09. The van der Waals surface area contributed by atoms with Crippen molar-refractivity contribution in [3.05, 3.63) is 22.9 Å². The van der Waals surface area contributed by atoms with E-state index in [2.05, 4.69) is 31.5 Å². The molecule has 1 aromatic rings. The summed E-state index contributed by atoms with van der Waals surface area (Å²) in [7, 11) is 0. The molecule has 1 fully saturated rings. The van der Waals surface area contributed by atoms with E-state index in [9.17, 15) is 4.79 Å². The van der Waals surface area contributed by atoms with Crippen molar-refractivity contribution < 1.29 is 9.53 Å². The van der Waals surface area contributed by atoms with Gasteiger partial charge in [-0.25, -0.2) is 0 Å². The van der Waals surface area contributed by atoms with Crippen LogP contribution in [-0.2, 0) is 9.53 Å². The van der Waals surface area contributed by atoms with Gasteiger partial charge < -0.3 is 15.4 Å². The first-order chi connectivity index (χ1) is 8.25. The van der Waals surface area contributed by atoms with E-state index in [1.165, 1.54) is 0 Å². The Bertz CT molecular complexity index is 394. The molecule has 1 saturated heterocycles. The quantitative estimate of drug-likeness (QED) is 0.879. The molecule has 17 heavy (non-hydrogen) atoms. The molecule has 1 aliphatic heterocycles. The Balaban J connectivity index is 1.86. The van der Waals surface area contributed by atoms with Gasteiger partial charge in [-0.05, 0) is 22.0 Å². The molecule has 2 rings (SSSR count). The summed E-state index contributed by atoms with van der Waals surface area (Å²) in [6.07, 6.45) is 3.61. The van der Waals surface area contributed by atoms with Crippen LogP contribution in [0.25, 0.3) is 0 Å². The van der Waals surface area contributed by atoms with Crippen molar-refractivity contribution in [1.29, 1.82) is 0 Å². The Morgan fingerprint density at radius 3 is 3.29 bits per heavy atom. The maximum absolute atomic E-state index is 11.8. The molecule has 0 aliphatic carbocycles. The van der Waals surface area contributed by atoms with Gasteiger partial charge in [0.25, 0.3) is 0 Å². The predicted octanol–water partition coefficient (Wildman–Crippen LogP) is 1.16. The fraction of sp³-hybridized carbons (Fsp3) is 0.455. The molecular weight excluding hydrogens is 286 g/mol. The van der Waals surface area contributed by atoms with Gasteiger partial charge in [-0.15, -0.1) is 0 Å². The normalized spacial score (nSPS) is 19.9. The Kier molecular flexibility index (Phi) is 4.47. The van der Waals surface area contributed by atoms with Crippen LogP contribution >= 0.6 is 15.9 Å². The summed E-state index contributed by atoms with van der Waals surface area (Å²) in [5.74, 6) is -0.0504. The summed E-state index contributed by atoms with van der Waals surface area (Å²) in [6.45, 7) is 2.25. The van der Waals surface area contributed by atoms with Crippen LogP contribution in [-0.4, -0.2) is 36.7 Å². The molecule has 5 nitrogen and oxygen atoms in total. The number of anilines is 1. The molecule has 0 bridgehead atoms. The fourth-order valence-corrected chi connectivity index (χ4v) is 1.98. The molecule has 1 aliphatic rings. The zero-order valence-electron chi connectivity index (χ0n) is 9.28. The molecule has 0 spiro atoms. The van der Waals surface area contributed by atoms with Crippen molar-refractivity contribution in [3.8, 4) is 0 Å². The lowest BCUT2D eigenvalue weighted by atomic mass is 10.2. The number of carbonyl (C=O) groups excluding carboxylic acids is 1. The van der Waals surface area contributed by atoms with Crippen LogP contribution in [0.4, 0.5) is 5.69 Å². The van der Waals surface area contributed by atoms with Gasteiger partial charge in [-0.1, -0.05) is 0 Å². The van der Waals surface area contributed by atoms with E-state index in [1.807, 2.05) is 0 Å². The standard InChI is InChI=1S/C11H14BrN3O2/c12-9-7-13-2-1-10(9)15-11(16)5-8-6-14-3-4-17-8/h1-2,7-8,14H,3-6H2,(H,13,15,16). The summed E-state index contributed by atoms with van der Waals surface area (Å²) in [6, 6.07) is 1.75. The highest BCUT2D eigenvalue weighted by Gasteiger charge is 2.17. The zero-order valence-corrected chi connectivity index (χ0v) is 10.9. The van der Waals surface area contributed by atoms with Crippen molar-refractivity contribution in [2.75, 3.05) is 25.0 Å². The number of carbonyl (C=O) groups is 1. The van der Waals surface area contributed by atoms with Gasteiger partial charge in [0.2, 0.25) is 5.91 Å². The molecule has 2 heterocycles. The number of hydrogen-bond acceptors (Lipinski definition) is 4. The maximum Gasteiger partial charge on any atom is 0.227 e. The molecule has 0 saturated carbocycles. The average Bonchev–Trinajstić information content (AvgIpc) is 2.33. The molecule has 92 valence electrons. The monoisotopic (exact) mass is 299 g/mol. The molecule has 0 radical (unpaired) electrons. The van der Waals surface area contributed by atoms with E-state index in [0.29, 0.717) is 13.0 Å². The number of amides is 1. The number of nitrogens with zero attached hydrogens (tertiary/aromatic N) is 1. The number of nitrogens with one attached hydrogen (secondary N) is 2. The van der Waals surface area contributed by atoms with Crippen LogP contribution in [0.1, 0.15) is 6.42 Å². The van der Waals surface area contributed by atoms with E-state index >= 15 is 0 Å². The van der Waals surface area contributed by atoms with Gasteiger partial charge >= 0.3 is 0 Å². The Morgan fingerprint density at radius 2 is 2.59 bits per heavy atom. The highest BCUT2D eigenvalue weighted by atomic mass is 79.9. The Hall–Kier alpha value is -0.980. The number of hydrogen-bond donors (Lipinski definition) is 2. The van der Waals surface area contributed by atoms with Crippen molar-refractivity contribution in [2.45, 2.75) is 12.5 Å². The largest absolute Gasteiger partial charge is 0.375 e. The first-order valence-electron chi connectivity index (χ1n) is 5.47. The van der Waals surface area contributed by atoms with Gasteiger partial charge in [0, 0.05) is 25.5 Å². The van der Waals surface area contributed by atoms with Gasteiger partial charge in [0.05, 0.1) is 29.3 Å². The number of pyridine rings is 1. The van der Waals surface area contributed by atoms with Crippen LogP contribution in [0, 0.1) is 0 Å². The SMILES string of the molecule is O=C(CC1CNCCO1)Nc1ccncc1Br. The van der Waals surface area contributed by atoms with Crippen LogP contribution < -0.4 is 10.6 Å². The van der Waals surface area contributed by atoms with Crippen LogP contribution in [0.2, 0.25) is 0 Å². The van der Waals surface area contributed by atoms with Crippen molar-refractivity contribution >= 4 is 27.5 Å². The lowest BCUT2D eigenvalue weighted by Crippen LogP contribution is -2.40. The minimum atomic E-state index is -0.0504. The molecule has 2 N–H and O–H groups in total. The van der Waals surface area contributed by atoms with Crippen LogP contribution in [0.15, 0.2) is 22.9 Å². The highest BCUT2D eigenvalue weighted by molar-refractivity contribution is 9.10.